The summed E-state index contributed by atoms with van der Waals surface area (Å²) >= 11 is 0. The highest BCUT2D eigenvalue weighted by Gasteiger charge is 2.28. The first kappa shape index (κ1) is 12.6. The zero-order valence-corrected chi connectivity index (χ0v) is 11.0. The average Bonchev–Trinajstić information content (AvgIpc) is 2.89. The van der Waals surface area contributed by atoms with E-state index in [2.05, 4.69) is 30.6 Å². The predicted octanol–water partition coefficient (Wildman–Crippen LogP) is 1.37. The van der Waals surface area contributed by atoms with Crippen molar-refractivity contribution in [3.8, 4) is 0 Å². The lowest BCUT2D eigenvalue weighted by atomic mass is 9.92. The number of nitrogens with zero attached hydrogens (tertiary/aromatic N) is 2. The molecule has 1 aliphatic heterocycles. The van der Waals surface area contributed by atoms with E-state index in [0.29, 0.717) is 18.1 Å². The van der Waals surface area contributed by atoms with Gasteiger partial charge in [-0.1, -0.05) is 0 Å². The van der Waals surface area contributed by atoms with E-state index in [1.807, 2.05) is 17.9 Å². The Labute approximate surface area is 103 Å². The highest BCUT2D eigenvalue weighted by Crippen LogP contribution is 2.24. The van der Waals surface area contributed by atoms with Crippen LogP contribution in [0.3, 0.4) is 0 Å². The van der Waals surface area contributed by atoms with Crippen molar-refractivity contribution in [2.75, 3.05) is 13.7 Å². The number of aryl methyl sites for hydroxylation is 2. The molecule has 1 fully saturated rings. The first-order valence-corrected chi connectivity index (χ1v) is 6.45. The zero-order chi connectivity index (χ0) is 12.3. The van der Waals surface area contributed by atoms with Gasteiger partial charge in [0.25, 0.3) is 0 Å². The quantitative estimate of drug-likeness (QED) is 0.840. The molecule has 4 nitrogen and oxygen atoms in total. The van der Waals surface area contributed by atoms with Crippen LogP contribution in [-0.4, -0.2) is 35.6 Å². The van der Waals surface area contributed by atoms with Crippen molar-refractivity contribution in [2.24, 2.45) is 13.0 Å². The number of nitrogens with one attached hydrogen (secondary N) is 1. The van der Waals surface area contributed by atoms with Gasteiger partial charge >= 0.3 is 0 Å². The molecule has 0 aromatic carbocycles. The molecular weight excluding hydrogens is 214 g/mol. The molecule has 96 valence electrons. The maximum absolute atomic E-state index is 5.65. The normalized spacial score (nSPS) is 26.3. The number of aromatic nitrogens is 2. The molecule has 1 aromatic heterocycles. The summed E-state index contributed by atoms with van der Waals surface area (Å²) in [7, 11) is 4.02. The molecule has 4 heteroatoms. The standard InChI is InChI=1S/C13H23N3O/c1-10-6-12(9-17-10)13(14-2)5-4-11-7-15-16(3)8-11/h7-8,10,12-14H,4-6,9H2,1-3H3. The Balaban J connectivity index is 1.83. The largest absolute Gasteiger partial charge is 0.378 e. The van der Waals surface area contributed by atoms with Crippen molar-refractivity contribution in [2.45, 2.75) is 38.3 Å². The van der Waals surface area contributed by atoms with Gasteiger partial charge in [-0.05, 0) is 38.8 Å². The summed E-state index contributed by atoms with van der Waals surface area (Å²) in [5.74, 6) is 0.659. The molecule has 0 bridgehead atoms. The van der Waals surface area contributed by atoms with Crippen LogP contribution in [0.5, 0.6) is 0 Å². The van der Waals surface area contributed by atoms with Crippen LogP contribution in [0, 0.1) is 5.92 Å². The topological polar surface area (TPSA) is 39.1 Å². The SMILES string of the molecule is CNC(CCc1cnn(C)c1)C1COC(C)C1. The number of hydrogen-bond donors (Lipinski definition) is 1. The van der Waals surface area contributed by atoms with Gasteiger partial charge in [0, 0.05) is 25.2 Å². The summed E-state index contributed by atoms with van der Waals surface area (Å²) in [6.45, 7) is 3.06. The molecule has 0 amide bonds. The minimum Gasteiger partial charge on any atom is -0.378 e. The summed E-state index contributed by atoms with van der Waals surface area (Å²) in [6.07, 6.45) is 7.90. The van der Waals surface area contributed by atoms with Crippen molar-refractivity contribution >= 4 is 0 Å². The van der Waals surface area contributed by atoms with E-state index in [-0.39, 0.29) is 0 Å². The summed E-state index contributed by atoms with van der Waals surface area (Å²) < 4.78 is 7.51. The van der Waals surface area contributed by atoms with Crippen molar-refractivity contribution in [1.29, 1.82) is 0 Å². The van der Waals surface area contributed by atoms with E-state index in [0.717, 1.165) is 19.4 Å². The van der Waals surface area contributed by atoms with Crippen LogP contribution in [0.4, 0.5) is 0 Å². The molecule has 3 unspecified atom stereocenters. The maximum Gasteiger partial charge on any atom is 0.0551 e. The molecule has 1 N–H and O–H groups in total. The van der Waals surface area contributed by atoms with Gasteiger partial charge in [0.1, 0.15) is 0 Å². The number of hydrogen-bond acceptors (Lipinski definition) is 3. The van der Waals surface area contributed by atoms with Gasteiger partial charge in [0.15, 0.2) is 0 Å². The Morgan fingerprint density at radius 1 is 1.65 bits per heavy atom. The summed E-state index contributed by atoms with van der Waals surface area (Å²) in [5.41, 5.74) is 1.32. The van der Waals surface area contributed by atoms with Gasteiger partial charge in [-0.25, -0.2) is 0 Å². The smallest absolute Gasteiger partial charge is 0.0551 e. The van der Waals surface area contributed by atoms with Gasteiger partial charge in [0.05, 0.1) is 18.9 Å². The van der Waals surface area contributed by atoms with Gasteiger partial charge < -0.3 is 10.1 Å². The van der Waals surface area contributed by atoms with Crippen molar-refractivity contribution in [3.63, 3.8) is 0 Å². The molecule has 17 heavy (non-hydrogen) atoms. The van der Waals surface area contributed by atoms with E-state index < -0.39 is 0 Å². The second kappa shape index (κ2) is 5.65. The van der Waals surface area contributed by atoms with Gasteiger partial charge in [0.2, 0.25) is 0 Å². The van der Waals surface area contributed by atoms with Crippen LogP contribution >= 0.6 is 0 Å². The summed E-state index contributed by atoms with van der Waals surface area (Å²) in [6, 6.07) is 0.556. The fourth-order valence-electron chi connectivity index (χ4n) is 2.67. The first-order valence-electron chi connectivity index (χ1n) is 6.45. The Kier molecular flexibility index (Phi) is 4.18. The lowest BCUT2D eigenvalue weighted by molar-refractivity contribution is 0.117. The molecule has 0 radical (unpaired) electrons. The molecule has 1 aromatic rings. The third-order valence-corrected chi connectivity index (χ3v) is 3.67. The zero-order valence-electron chi connectivity index (χ0n) is 11.0. The van der Waals surface area contributed by atoms with Crippen LogP contribution in [0.1, 0.15) is 25.3 Å². The minimum atomic E-state index is 0.425. The third-order valence-electron chi connectivity index (χ3n) is 3.67. The highest BCUT2D eigenvalue weighted by molar-refractivity contribution is 5.04. The highest BCUT2D eigenvalue weighted by atomic mass is 16.5. The van der Waals surface area contributed by atoms with Crippen LogP contribution < -0.4 is 5.32 Å². The molecule has 1 saturated heterocycles. The molecule has 3 atom stereocenters. The second-order valence-corrected chi connectivity index (χ2v) is 5.10. The molecule has 0 spiro atoms. The van der Waals surface area contributed by atoms with E-state index in [9.17, 15) is 0 Å². The molecule has 0 saturated carbocycles. The Bertz CT molecular complexity index is 350. The fraction of sp³-hybridized carbons (Fsp3) is 0.769. The van der Waals surface area contributed by atoms with Crippen LogP contribution in [0.2, 0.25) is 0 Å². The van der Waals surface area contributed by atoms with Gasteiger partial charge in [-0.2, -0.15) is 5.10 Å². The molecule has 0 aliphatic carbocycles. The van der Waals surface area contributed by atoms with E-state index in [1.165, 1.54) is 12.0 Å². The fourth-order valence-corrected chi connectivity index (χ4v) is 2.67. The second-order valence-electron chi connectivity index (χ2n) is 5.10. The van der Waals surface area contributed by atoms with Crippen molar-refractivity contribution in [3.05, 3.63) is 18.0 Å². The predicted molar refractivity (Wildman–Crippen MR) is 67.9 cm³/mol. The van der Waals surface area contributed by atoms with Gasteiger partial charge in [-0.15, -0.1) is 0 Å². The first-order chi connectivity index (χ1) is 8.19. The van der Waals surface area contributed by atoms with E-state index in [1.54, 1.807) is 0 Å². The maximum atomic E-state index is 5.65. The monoisotopic (exact) mass is 237 g/mol. The van der Waals surface area contributed by atoms with Crippen molar-refractivity contribution < 1.29 is 4.74 Å². The third kappa shape index (κ3) is 3.30. The summed E-state index contributed by atoms with van der Waals surface area (Å²) in [4.78, 5) is 0. The summed E-state index contributed by atoms with van der Waals surface area (Å²) in [5, 5.41) is 7.64. The van der Waals surface area contributed by atoms with Crippen molar-refractivity contribution in [1.82, 2.24) is 15.1 Å². The molecule has 1 aliphatic rings. The van der Waals surface area contributed by atoms with Crippen LogP contribution in [-0.2, 0) is 18.2 Å². The van der Waals surface area contributed by atoms with E-state index >= 15 is 0 Å². The van der Waals surface area contributed by atoms with Crippen LogP contribution in [0.25, 0.3) is 0 Å². The lowest BCUT2D eigenvalue weighted by Crippen LogP contribution is -2.34. The average molecular weight is 237 g/mol. The molecule has 2 rings (SSSR count). The molecule has 2 heterocycles. The Morgan fingerprint density at radius 2 is 2.47 bits per heavy atom. The van der Waals surface area contributed by atoms with E-state index in [4.69, 9.17) is 4.74 Å². The lowest BCUT2D eigenvalue weighted by Gasteiger charge is -2.21. The van der Waals surface area contributed by atoms with Gasteiger partial charge in [-0.3, -0.25) is 4.68 Å². The number of rotatable bonds is 5. The molecular formula is C13H23N3O. The Morgan fingerprint density at radius 3 is 3.00 bits per heavy atom. The minimum absolute atomic E-state index is 0.425. The van der Waals surface area contributed by atoms with Crippen LogP contribution in [0.15, 0.2) is 12.4 Å². The number of ether oxygens (including phenoxy) is 1. The Hall–Kier alpha value is -0.870.